The van der Waals surface area contributed by atoms with Crippen LogP contribution in [0.5, 0.6) is 11.5 Å². The Labute approximate surface area is 156 Å². The number of carbonyl (C=O) groups excluding carboxylic acids is 1. The largest absolute Gasteiger partial charge is 0.494 e. The molecule has 2 N–H and O–H groups in total. The number of carboxylic acid groups (broad SMARTS) is 1. The molecule has 0 radical (unpaired) electrons. The van der Waals surface area contributed by atoms with Crippen LogP contribution in [0.2, 0.25) is 5.02 Å². The van der Waals surface area contributed by atoms with E-state index in [-0.39, 0.29) is 16.7 Å². The van der Waals surface area contributed by atoms with Gasteiger partial charge in [0.25, 0.3) is 0 Å². The molecule has 6 nitrogen and oxygen atoms in total. The molecule has 0 aliphatic heterocycles. The molecular formula is C19H20ClNO5. The zero-order chi connectivity index (χ0) is 18.9. The summed E-state index contributed by atoms with van der Waals surface area (Å²) in [6.07, 6.45) is 0.925. The topological polar surface area (TPSA) is 84.9 Å². The minimum atomic E-state index is -1.09. The van der Waals surface area contributed by atoms with Gasteiger partial charge >= 0.3 is 5.97 Å². The monoisotopic (exact) mass is 377 g/mol. The molecule has 0 aliphatic rings. The molecule has 0 unspecified atom stereocenters. The van der Waals surface area contributed by atoms with Gasteiger partial charge in [-0.05, 0) is 49.2 Å². The average Bonchev–Trinajstić information content (AvgIpc) is 2.60. The van der Waals surface area contributed by atoms with Gasteiger partial charge in [-0.15, -0.1) is 0 Å². The molecule has 0 bridgehead atoms. The van der Waals surface area contributed by atoms with Crippen LogP contribution in [0.4, 0.5) is 5.69 Å². The minimum Gasteiger partial charge on any atom is -0.494 e. The van der Waals surface area contributed by atoms with Gasteiger partial charge in [-0.3, -0.25) is 4.79 Å². The van der Waals surface area contributed by atoms with E-state index >= 15 is 0 Å². The Kier molecular flexibility index (Phi) is 7.29. The summed E-state index contributed by atoms with van der Waals surface area (Å²) in [4.78, 5) is 22.6. The van der Waals surface area contributed by atoms with Crippen molar-refractivity contribution in [3.8, 4) is 11.5 Å². The van der Waals surface area contributed by atoms with E-state index < -0.39 is 12.6 Å². The van der Waals surface area contributed by atoms with Crippen molar-refractivity contribution >= 4 is 29.2 Å². The number of halogens is 1. The summed E-state index contributed by atoms with van der Waals surface area (Å²) in [5.41, 5.74) is 1.56. The smallest absolute Gasteiger partial charge is 0.341 e. The molecule has 2 aromatic carbocycles. The van der Waals surface area contributed by atoms with Gasteiger partial charge in [0.1, 0.15) is 11.5 Å². The molecule has 0 aromatic heterocycles. The number of hydrogen-bond donors (Lipinski definition) is 2. The molecule has 2 aromatic rings. The molecular weight excluding hydrogens is 358 g/mol. The summed E-state index contributed by atoms with van der Waals surface area (Å²) in [7, 11) is 0. The van der Waals surface area contributed by atoms with Crippen molar-refractivity contribution in [1.82, 2.24) is 0 Å². The van der Waals surface area contributed by atoms with E-state index in [2.05, 4.69) is 5.32 Å². The van der Waals surface area contributed by atoms with E-state index in [0.717, 1.165) is 11.3 Å². The fraction of sp³-hybridized carbons (Fsp3) is 0.263. The first-order valence-corrected chi connectivity index (χ1v) is 8.51. The number of benzene rings is 2. The van der Waals surface area contributed by atoms with Crippen LogP contribution in [-0.2, 0) is 16.0 Å². The second-order valence-electron chi connectivity index (χ2n) is 5.45. The maximum absolute atomic E-state index is 12.1. The van der Waals surface area contributed by atoms with Gasteiger partial charge in [0.15, 0.2) is 6.61 Å². The number of aliphatic carboxylic acids is 1. The maximum Gasteiger partial charge on any atom is 0.341 e. The van der Waals surface area contributed by atoms with Crippen molar-refractivity contribution in [3.63, 3.8) is 0 Å². The normalized spacial score (nSPS) is 10.2. The standard InChI is InChI=1S/C19H20ClNO5/c1-2-25-15-7-3-13(4-8-15)5-10-18(22)21-14-6-9-17(16(20)11-14)26-12-19(23)24/h3-4,6-9,11H,2,5,10,12H2,1H3,(H,21,22)(H,23,24). The van der Waals surface area contributed by atoms with Crippen molar-refractivity contribution in [2.75, 3.05) is 18.5 Å². The number of hydrogen-bond acceptors (Lipinski definition) is 4. The van der Waals surface area contributed by atoms with Crippen LogP contribution in [0.25, 0.3) is 0 Å². The molecule has 26 heavy (non-hydrogen) atoms. The van der Waals surface area contributed by atoms with Crippen LogP contribution in [0, 0.1) is 0 Å². The summed E-state index contributed by atoms with van der Waals surface area (Å²) in [5, 5.41) is 11.6. The third kappa shape index (κ3) is 6.29. The predicted molar refractivity (Wildman–Crippen MR) is 99.1 cm³/mol. The fourth-order valence-corrected chi connectivity index (χ4v) is 2.47. The first-order chi connectivity index (χ1) is 12.5. The summed E-state index contributed by atoms with van der Waals surface area (Å²) < 4.78 is 10.4. The number of ether oxygens (including phenoxy) is 2. The van der Waals surface area contributed by atoms with Crippen molar-refractivity contribution in [2.45, 2.75) is 19.8 Å². The highest BCUT2D eigenvalue weighted by molar-refractivity contribution is 6.32. The maximum atomic E-state index is 12.1. The Balaban J connectivity index is 1.85. The van der Waals surface area contributed by atoms with Gasteiger partial charge in [-0.1, -0.05) is 23.7 Å². The Morgan fingerprint density at radius 2 is 1.85 bits per heavy atom. The third-order valence-corrected chi connectivity index (χ3v) is 3.74. The molecule has 0 saturated heterocycles. The lowest BCUT2D eigenvalue weighted by Gasteiger charge is -2.09. The van der Waals surface area contributed by atoms with E-state index in [1.807, 2.05) is 31.2 Å². The van der Waals surface area contributed by atoms with Crippen molar-refractivity contribution in [3.05, 3.63) is 53.1 Å². The van der Waals surface area contributed by atoms with E-state index in [4.69, 9.17) is 26.2 Å². The van der Waals surface area contributed by atoms with Gasteiger partial charge in [-0.25, -0.2) is 4.79 Å². The molecule has 1 amide bonds. The Morgan fingerprint density at radius 1 is 1.12 bits per heavy atom. The number of nitrogens with one attached hydrogen (secondary N) is 1. The minimum absolute atomic E-state index is 0.144. The zero-order valence-corrected chi connectivity index (χ0v) is 15.1. The summed E-state index contributed by atoms with van der Waals surface area (Å²) >= 11 is 6.03. The van der Waals surface area contributed by atoms with Crippen molar-refractivity contribution in [1.29, 1.82) is 0 Å². The summed E-state index contributed by atoms with van der Waals surface area (Å²) in [6, 6.07) is 12.3. The van der Waals surface area contributed by atoms with Crippen molar-refractivity contribution < 1.29 is 24.2 Å². The molecule has 0 aliphatic carbocycles. The number of carbonyl (C=O) groups is 2. The van der Waals surface area contributed by atoms with E-state index in [0.29, 0.717) is 25.1 Å². The van der Waals surface area contributed by atoms with Crippen LogP contribution in [0.1, 0.15) is 18.9 Å². The first-order valence-electron chi connectivity index (χ1n) is 8.13. The van der Waals surface area contributed by atoms with E-state index in [1.54, 1.807) is 6.07 Å². The van der Waals surface area contributed by atoms with Crippen LogP contribution in [-0.4, -0.2) is 30.2 Å². The van der Waals surface area contributed by atoms with Gasteiger partial charge < -0.3 is 19.9 Å². The van der Waals surface area contributed by atoms with Crippen LogP contribution < -0.4 is 14.8 Å². The highest BCUT2D eigenvalue weighted by Gasteiger charge is 2.08. The lowest BCUT2D eigenvalue weighted by Crippen LogP contribution is -2.13. The number of carboxylic acids is 1. The predicted octanol–water partition coefficient (Wildman–Crippen LogP) is 3.77. The van der Waals surface area contributed by atoms with Crippen molar-refractivity contribution in [2.24, 2.45) is 0 Å². The quantitative estimate of drug-likeness (QED) is 0.694. The molecule has 138 valence electrons. The molecule has 0 atom stereocenters. The molecule has 0 heterocycles. The summed E-state index contributed by atoms with van der Waals surface area (Å²) in [5.74, 6) is -0.177. The molecule has 0 saturated carbocycles. The molecule has 0 spiro atoms. The number of amides is 1. The fourth-order valence-electron chi connectivity index (χ4n) is 2.24. The lowest BCUT2D eigenvalue weighted by atomic mass is 10.1. The average molecular weight is 378 g/mol. The van der Waals surface area contributed by atoms with E-state index in [1.165, 1.54) is 12.1 Å². The van der Waals surface area contributed by atoms with Gasteiger partial charge in [0.2, 0.25) is 5.91 Å². The third-order valence-electron chi connectivity index (χ3n) is 3.44. The highest BCUT2D eigenvalue weighted by Crippen LogP contribution is 2.27. The van der Waals surface area contributed by atoms with Gasteiger partial charge in [0.05, 0.1) is 11.6 Å². The van der Waals surface area contributed by atoms with Crippen LogP contribution in [0.3, 0.4) is 0 Å². The van der Waals surface area contributed by atoms with Gasteiger partial charge in [0, 0.05) is 12.1 Å². The highest BCUT2D eigenvalue weighted by atomic mass is 35.5. The van der Waals surface area contributed by atoms with Gasteiger partial charge in [-0.2, -0.15) is 0 Å². The number of anilines is 1. The zero-order valence-electron chi connectivity index (χ0n) is 14.3. The number of rotatable bonds is 9. The SMILES string of the molecule is CCOc1ccc(CCC(=O)Nc2ccc(OCC(=O)O)c(Cl)c2)cc1. The Bertz CT molecular complexity index is 761. The second kappa shape index (κ2) is 9.68. The molecule has 2 rings (SSSR count). The summed E-state index contributed by atoms with van der Waals surface area (Å²) in [6.45, 7) is 2.06. The van der Waals surface area contributed by atoms with Crippen LogP contribution in [0.15, 0.2) is 42.5 Å². The first kappa shape index (κ1) is 19.6. The molecule has 0 fully saturated rings. The van der Waals surface area contributed by atoms with E-state index in [9.17, 15) is 9.59 Å². The second-order valence-corrected chi connectivity index (χ2v) is 5.86. The lowest BCUT2D eigenvalue weighted by molar-refractivity contribution is -0.139. The van der Waals surface area contributed by atoms with Crippen LogP contribution >= 0.6 is 11.6 Å². The molecule has 7 heteroatoms. The Morgan fingerprint density at radius 3 is 2.46 bits per heavy atom. The Hall–Kier alpha value is -2.73. The number of aryl methyl sites for hydroxylation is 1.